The SMILES string of the molecule is C=C(C#N)N=C(/C=C(/Br)CO)CBr. The lowest BCUT2D eigenvalue weighted by Gasteiger charge is -1.96. The Bertz CT molecular complexity index is 289. The van der Waals surface area contributed by atoms with Crippen LogP contribution in [0, 0.1) is 11.3 Å². The zero-order valence-electron chi connectivity index (χ0n) is 6.80. The predicted octanol–water partition coefficient (Wildman–Crippen LogP) is 2.13. The summed E-state index contributed by atoms with van der Waals surface area (Å²) in [7, 11) is 0. The number of halogens is 2. The van der Waals surface area contributed by atoms with Gasteiger partial charge in [0.15, 0.2) is 0 Å². The molecule has 0 saturated heterocycles. The van der Waals surface area contributed by atoms with E-state index in [1.807, 2.05) is 6.07 Å². The van der Waals surface area contributed by atoms with Gasteiger partial charge in [0.2, 0.25) is 0 Å². The average Bonchev–Trinajstić information content (AvgIpc) is 2.16. The number of allylic oxidation sites excluding steroid dienone is 2. The second-order valence-electron chi connectivity index (χ2n) is 2.04. The van der Waals surface area contributed by atoms with E-state index in [1.165, 1.54) is 0 Å². The Labute approximate surface area is 93.7 Å². The molecular weight excluding hydrogens is 300 g/mol. The third-order valence-electron chi connectivity index (χ3n) is 1.02. The quantitative estimate of drug-likeness (QED) is 0.491. The van der Waals surface area contributed by atoms with Crippen LogP contribution in [0.15, 0.2) is 27.8 Å². The maximum Gasteiger partial charge on any atom is 0.133 e. The highest BCUT2D eigenvalue weighted by Crippen LogP contribution is 2.05. The van der Waals surface area contributed by atoms with Crippen molar-refractivity contribution in [2.45, 2.75) is 0 Å². The van der Waals surface area contributed by atoms with Crippen LogP contribution in [0.5, 0.6) is 0 Å². The highest BCUT2D eigenvalue weighted by atomic mass is 79.9. The summed E-state index contributed by atoms with van der Waals surface area (Å²) in [5.41, 5.74) is 0.774. The van der Waals surface area contributed by atoms with Gasteiger partial charge < -0.3 is 5.11 Å². The van der Waals surface area contributed by atoms with E-state index < -0.39 is 0 Å². The molecule has 70 valence electrons. The number of alkyl halides is 1. The molecule has 0 aromatic rings. The molecular formula is C8H8Br2N2O. The van der Waals surface area contributed by atoms with Gasteiger partial charge in [0.1, 0.15) is 11.8 Å². The molecule has 0 fully saturated rings. The normalized spacial score (nSPS) is 12.5. The Kier molecular flexibility index (Phi) is 6.77. The lowest BCUT2D eigenvalue weighted by molar-refractivity contribution is 0.340. The fourth-order valence-corrected chi connectivity index (χ4v) is 1.08. The summed E-state index contributed by atoms with van der Waals surface area (Å²) in [6, 6.07) is 1.81. The minimum absolute atomic E-state index is 0.0922. The van der Waals surface area contributed by atoms with E-state index in [2.05, 4.69) is 43.4 Å². The minimum atomic E-state index is -0.0922. The first-order valence-electron chi connectivity index (χ1n) is 3.33. The first-order valence-corrected chi connectivity index (χ1v) is 5.25. The Balaban J connectivity index is 4.63. The van der Waals surface area contributed by atoms with E-state index in [9.17, 15) is 0 Å². The van der Waals surface area contributed by atoms with Gasteiger partial charge in [-0.05, 0) is 6.08 Å². The number of hydrogen-bond donors (Lipinski definition) is 1. The van der Waals surface area contributed by atoms with Crippen molar-refractivity contribution in [3.63, 3.8) is 0 Å². The number of nitriles is 1. The zero-order valence-corrected chi connectivity index (χ0v) is 9.97. The maximum absolute atomic E-state index is 8.70. The minimum Gasteiger partial charge on any atom is -0.391 e. The molecule has 0 aromatic heterocycles. The standard InChI is InChI=1S/C8H8Br2N2O/c1-6(4-11)12-8(3-9)2-7(10)5-13/h2,13H,1,3,5H2/b7-2+,12-8?. The van der Waals surface area contributed by atoms with Crippen LogP contribution in [-0.4, -0.2) is 22.8 Å². The first-order chi connectivity index (χ1) is 6.13. The Hall–Kier alpha value is -0.440. The summed E-state index contributed by atoms with van der Waals surface area (Å²) in [6.45, 7) is 3.33. The Morgan fingerprint density at radius 3 is 2.69 bits per heavy atom. The topological polar surface area (TPSA) is 56.4 Å². The van der Waals surface area contributed by atoms with Gasteiger partial charge in [-0.15, -0.1) is 0 Å². The van der Waals surface area contributed by atoms with Crippen LogP contribution in [0.2, 0.25) is 0 Å². The Morgan fingerprint density at radius 1 is 1.69 bits per heavy atom. The third-order valence-corrected chi connectivity index (χ3v) is 2.07. The highest BCUT2D eigenvalue weighted by Gasteiger charge is 1.96. The molecule has 0 aromatic carbocycles. The van der Waals surface area contributed by atoms with E-state index in [-0.39, 0.29) is 12.3 Å². The number of rotatable bonds is 4. The summed E-state index contributed by atoms with van der Waals surface area (Å²) in [5, 5.41) is 17.6. The van der Waals surface area contributed by atoms with Crippen LogP contribution in [0.3, 0.4) is 0 Å². The first kappa shape index (κ1) is 12.6. The monoisotopic (exact) mass is 306 g/mol. The van der Waals surface area contributed by atoms with Gasteiger partial charge >= 0.3 is 0 Å². The molecule has 0 radical (unpaired) electrons. The fourth-order valence-electron chi connectivity index (χ4n) is 0.526. The van der Waals surface area contributed by atoms with Gasteiger partial charge in [-0.2, -0.15) is 5.26 Å². The molecule has 0 unspecified atom stereocenters. The molecule has 3 nitrogen and oxygen atoms in total. The number of nitrogens with zero attached hydrogens (tertiary/aromatic N) is 2. The van der Waals surface area contributed by atoms with Crippen LogP contribution in [0.25, 0.3) is 0 Å². The predicted molar refractivity (Wildman–Crippen MR) is 60.1 cm³/mol. The van der Waals surface area contributed by atoms with Gasteiger partial charge in [-0.25, -0.2) is 4.99 Å². The Morgan fingerprint density at radius 2 is 2.31 bits per heavy atom. The fraction of sp³-hybridized carbons (Fsp3) is 0.250. The summed E-state index contributed by atoms with van der Waals surface area (Å²) in [4.78, 5) is 3.90. The lowest BCUT2D eigenvalue weighted by Crippen LogP contribution is -1.97. The van der Waals surface area contributed by atoms with Crippen molar-refractivity contribution in [1.82, 2.24) is 0 Å². The van der Waals surface area contributed by atoms with Crippen LogP contribution >= 0.6 is 31.9 Å². The molecule has 0 aliphatic carbocycles. The number of aliphatic imine (C=N–C) groups is 1. The number of aliphatic hydroxyl groups is 1. The molecule has 0 bridgehead atoms. The van der Waals surface area contributed by atoms with Gasteiger partial charge in [0.05, 0.1) is 12.3 Å². The molecule has 1 N–H and O–H groups in total. The summed E-state index contributed by atoms with van der Waals surface area (Å²) < 4.78 is 0.608. The maximum atomic E-state index is 8.70. The van der Waals surface area contributed by atoms with E-state index >= 15 is 0 Å². The highest BCUT2D eigenvalue weighted by molar-refractivity contribution is 9.11. The van der Waals surface area contributed by atoms with Crippen LogP contribution < -0.4 is 0 Å². The second kappa shape index (κ2) is 7.01. The van der Waals surface area contributed by atoms with Crippen molar-refractivity contribution in [2.24, 2.45) is 4.99 Å². The smallest absolute Gasteiger partial charge is 0.133 e. The van der Waals surface area contributed by atoms with Crippen molar-refractivity contribution >= 4 is 37.6 Å². The van der Waals surface area contributed by atoms with Gasteiger partial charge in [-0.3, -0.25) is 0 Å². The van der Waals surface area contributed by atoms with Gasteiger partial charge in [-0.1, -0.05) is 38.4 Å². The molecule has 0 rings (SSSR count). The van der Waals surface area contributed by atoms with E-state index in [0.717, 1.165) is 0 Å². The number of hydrogen-bond acceptors (Lipinski definition) is 3. The molecule has 0 spiro atoms. The molecule has 13 heavy (non-hydrogen) atoms. The summed E-state index contributed by atoms with van der Waals surface area (Å²) in [5.74, 6) is 0. The van der Waals surface area contributed by atoms with E-state index in [0.29, 0.717) is 15.5 Å². The van der Waals surface area contributed by atoms with Crippen LogP contribution in [0.1, 0.15) is 0 Å². The van der Waals surface area contributed by atoms with Crippen LogP contribution in [0.4, 0.5) is 0 Å². The lowest BCUT2D eigenvalue weighted by atomic mass is 10.3. The van der Waals surface area contributed by atoms with Crippen molar-refractivity contribution in [1.29, 1.82) is 5.26 Å². The third kappa shape index (κ3) is 5.75. The second-order valence-corrected chi connectivity index (χ2v) is 3.62. The summed E-state index contributed by atoms with van der Waals surface area (Å²) >= 11 is 6.33. The summed E-state index contributed by atoms with van der Waals surface area (Å²) in [6.07, 6.45) is 1.64. The largest absolute Gasteiger partial charge is 0.391 e. The molecule has 5 heteroatoms. The molecule has 0 heterocycles. The van der Waals surface area contributed by atoms with E-state index in [1.54, 1.807) is 6.08 Å². The van der Waals surface area contributed by atoms with Crippen LogP contribution in [-0.2, 0) is 0 Å². The van der Waals surface area contributed by atoms with Crippen molar-refractivity contribution in [2.75, 3.05) is 11.9 Å². The van der Waals surface area contributed by atoms with Gasteiger partial charge in [0, 0.05) is 9.81 Å². The average molecular weight is 308 g/mol. The van der Waals surface area contributed by atoms with E-state index in [4.69, 9.17) is 10.4 Å². The van der Waals surface area contributed by atoms with Crippen molar-refractivity contribution in [3.05, 3.63) is 22.8 Å². The molecule has 0 aliphatic heterocycles. The molecule has 0 atom stereocenters. The van der Waals surface area contributed by atoms with Crippen molar-refractivity contribution < 1.29 is 5.11 Å². The van der Waals surface area contributed by atoms with Crippen molar-refractivity contribution in [3.8, 4) is 6.07 Å². The molecule has 0 aliphatic rings. The zero-order chi connectivity index (χ0) is 10.3. The molecule has 0 saturated carbocycles. The molecule has 0 amide bonds. The van der Waals surface area contributed by atoms with Gasteiger partial charge in [0.25, 0.3) is 0 Å². The number of aliphatic hydroxyl groups excluding tert-OH is 1.